The number of esters is 1. The number of carbonyl (C=O) groups excluding carboxylic acids is 1. The maximum atomic E-state index is 10.9. The first kappa shape index (κ1) is 11.2. The zero-order valence-corrected chi connectivity index (χ0v) is 8.62. The van der Waals surface area contributed by atoms with E-state index in [0.29, 0.717) is 19.1 Å². The Morgan fingerprint density at radius 2 is 2.21 bits per heavy atom. The van der Waals surface area contributed by atoms with E-state index in [4.69, 9.17) is 14.2 Å². The molecule has 4 nitrogen and oxygen atoms in total. The fourth-order valence-corrected chi connectivity index (χ4v) is 1.15. The molecule has 1 aliphatic rings. The fraction of sp³-hybridized carbons (Fsp3) is 0.700. The molecule has 1 aliphatic heterocycles. The highest BCUT2D eigenvalue weighted by Crippen LogP contribution is 2.24. The minimum atomic E-state index is -1.24. The van der Waals surface area contributed by atoms with Crippen LogP contribution in [0.3, 0.4) is 0 Å². The van der Waals surface area contributed by atoms with E-state index in [1.807, 2.05) is 0 Å². The summed E-state index contributed by atoms with van der Waals surface area (Å²) in [5, 5.41) is 0. The van der Waals surface area contributed by atoms with Gasteiger partial charge in [0.2, 0.25) is 0 Å². The van der Waals surface area contributed by atoms with Gasteiger partial charge in [-0.1, -0.05) is 13.5 Å². The van der Waals surface area contributed by atoms with Gasteiger partial charge in [-0.05, 0) is 6.42 Å². The Morgan fingerprint density at radius 1 is 1.64 bits per heavy atom. The first-order chi connectivity index (χ1) is 6.59. The average molecular weight is 200 g/mol. The van der Waals surface area contributed by atoms with Crippen molar-refractivity contribution in [3.8, 4) is 0 Å². The molecule has 0 spiro atoms. The topological polar surface area (TPSA) is 44.8 Å². The summed E-state index contributed by atoms with van der Waals surface area (Å²) in [7, 11) is 0. The van der Waals surface area contributed by atoms with Gasteiger partial charge in [0.25, 0.3) is 0 Å². The number of carbonyl (C=O) groups is 1. The van der Waals surface area contributed by atoms with Crippen molar-refractivity contribution < 1.29 is 19.0 Å². The quantitative estimate of drug-likeness (QED) is 0.511. The van der Waals surface area contributed by atoms with Gasteiger partial charge >= 0.3 is 11.9 Å². The predicted molar refractivity (Wildman–Crippen MR) is 50.4 cm³/mol. The Balaban J connectivity index is 2.44. The summed E-state index contributed by atoms with van der Waals surface area (Å²) in [6, 6.07) is 0. The molecule has 0 aromatic heterocycles. The van der Waals surface area contributed by atoms with Gasteiger partial charge in [0.05, 0.1) is 13.2 Å². The van der Waals surface area contributed by atoms with Crippen LogP contribution < -0.4 is 0 Å². The molecule has 0 aromatic rings. The lowest BCUT2D eigenvalue weighted by Gasteiger charge is -2.35. The van der Waals surface area contributed by atoms with E-state index in [2.05, 4.69) is 13.5 Å². The highest BCUT2D eigenvalue weighted by molar-refractivity contribution is 5.81. The molecule has 80 valence electrons. The zero-order chi connectivity index (χ0) is 10.6. The molecule has 14 heavy (non-hydrogen) atoms. The number of hydrogen-bond acceptors (Lipinski definition) is 4. The van der Waals surface area contributed by atoms with Gasteiger partial charge in [0, 0.05) is 18.9 Å². The standard InChI is InChI=1S/C10H16O4/c1-4-8-6-12-10(3,13-7-8)14-9(11)5-2/h5,8H,2,4,6-7H2,1,3H3. The van der Waals surface area contributed by atoms with Crippen molar-refractivity contribution in [3.63, 3.8) is 0 Å². The molecule has 0 bridgehead atoms. The van der Waals surface area contributed by atoms with Crippen LogP contribution in [0, 0.1) is 5.92 Å². The van der Waals surface area contributed by atoms with Crippen LogP contribution in [-0.2, 0) is 19.0 Å². The summed E-state index contributed by atoms with van der Waals surface area (Å²) in [6.45, 7) is 8.06. The Labute approximate surface area is 83.8 Å². The van der Waals surface area contributed by atoms with Gasteiger partial charge < -0.3 is 14.2 Å². The van der Waals surface area contributed by atoms with E-state index < -0.39 is 11.9 Å². The van der Waals surface area contributed by atoms with E-state index in [-0.39, 0.29) is 0 Å². The van der Waals surface area contributed by atoms with Crippen molar-refractivity contribution in [1.82, 2.24) is 0 Å². The minimum Gasteiger partial charge on any atom is -0.405 e. The second-order valence-electron chi connectivity index (χ2n) is 3.38. The van der Waals surface area contributed by atoms with Crippen molar-refractivity contribution >= 4 is 5.97 Å². The monoisotopic (exact) mass is 200 g/mol. The Bertz CT molecular complexity index is 216. The summed E-state index contributed by atoms with van der Waals surface area (Å²) >= 11 is 0. The molecule has 0 saturated carbocycles. The lowest BCUT2D eigenvalue weighted by atomic mass is 10.1. The van der Waals surface area contributed by atoms with Crippen LogP contribution in [0.25, 0.3) is 0 Å². The Kier molecular flexibility index (Phi) is 3.66. The molecule has 0 N–H and O–H groups in total. The van der Waals surface area contributed by atoms with Crippen LogP contribution in [0.2, 0.25) is 0 Å². The van der Waals surface area contributed by atoms with E-state index in [0.717, 1.165) is 12.5 Å². The van der Waals surface area contributed by atoms with Crippen molar-refractivity contribution in [3.05, 3.63) is 12.7 Å². The second kappa shape index (κ2) is 4.57. The van der Waals surface area contributed by atoms with Gasteiger partial charge in [0.15, 0.2) is 0 Å². The normalized spacial score (nSPS) is 32.3. The van der Waals surface area contributed by atoms with Gasteiger partial charge in [-0.15, -0.1) is 0 Å². The Hall–Kier alpha value is -0.870. The van der Waals surface area contributed by atoms with Crippen LogP contribution in [0.4, 0.5) is 0 Å². The second-order valence-corrected chi connectivity index (χ2v) is 3.38. The van der Waals surface area contributed by atoms with Crippen LogP contribution in [-0.4, -0.2) is 25.2 Å². The summed E-state index contributed by atoms with van der Waals surface area (Å²) in [4.78, 5) is 10.9. The number of rotatable bonds is 3. The third-order valence-electron chi connectivity index (χ3n) is 2.19. The SMILES string of the molecule is C=CC(=O)OC1(C)OCC(CC)CO1. The van der Waals surface area contributed by atoms with Gasteiger partial charge in [0.1, 0.15) is 0 Å². The van der Waals surface area contributed by atoms with Crippen molar-refractivity contribution in [2.24, 2.45) is 5.92 Å². The molecule has 0 unspecified atom stereocenters. The fourth-order valence-electron chi connectivity index (χ4n) is 1.15. The molecule has 0 radical (unpaired) electrons. The molecule has 1 heterocycles. The molecule has 4 heteroatoms. The molecule has 0 amide bonds. The summed E-state index contributed by atoms with van der Waals surface area (Å²) in [5.41, 5.74) is 0. The summed E-state index contributed by atoms with van der Waals surface area (Å²) in [6.07, 6.45) is 2.08. The van der Waals surface area contributed by atoms with E-state index in [1.54, 1.807) is 6.92 Å². The minimum absolute atomic E-state index is 0.380. The van der Waals surface area contributed by atoms with E-state index >= 15 is 0 Å². The molecule has 0 atom stereocenters. The molecule has 1 rings (SSSR count). The first-order valence-corrected chi connectivity index (χ1v) is 4.73. The highest BCUT2D eigenvalue weighted by atomic mass is 16.9. The highest BCUT2D eigenvalue weighted by Gasteiger charge is 2.35. The maximum Gasteiger partial charge on any atom is 0.334 e. The van der Waals surface area contributed by atoms with Crippen molar-refractivity contribution in [1.29, 1.82) is 0 Å². The largest absolute Gasteiger partial charge is 0.405 e. The molecular weight excluding hydrogens is 184 g/mol. The number of ether oxygens (including phenoxy) is 3. The average Bonchev–Trinajstić information content (AvgIpc) is 2.18. The van der Waals surface area contributed by atoms with Crippen LogP contribution in [0.5, 0.6) is 0 Å². The van der Waals surface area contributed by atoms with Gasteiger partial charge in [-0.3, -0.25) is 0 Å². The Morgan fingerprint density at radius 3 is 2.64 bits per heavy atom. The van der Waals surface area contributed by atoms with Crippen molar-refractivity contribution in [2.75, 3.05) is 13.2 Å². The van der Waals surface area contributed by atoms with Crippen LogP contribution in [0.1, 0.15) is 20.3 Å². The van der Waals surface area contributed by atoms with Gasteiger partial charge in [-0.2, -0.15) is 0 Å². The van der Waals surface area contributed by atoms with Crippen LogP contribution >= 0.6 is 0 Å². The lowest BCUT2D eigenvalue weighted by molar-refractivity contribution is -0.380. The molecule has 0 aromatic carbocycles. The van der Waals surface area contributed by atoms with E-state index in [1.165, 1.54) is 0 Å². The lowest BCUT2D eigenvalue weighted by Crippen LogP contribution is -2.44. The number of hydrogen-bond donors (Lipinski definition) is 0. The molecule has 1 saturated heterocycles. The third-order valence-corrected chi connectivity index (χ3v) is 2.19. The summed E-state index contributed by atoms with van der Waals surface area (Å²) < 4.78 is 15.6. The predicted octanol–water partition coefficient (Wildman–Crippen LogP) is 1.46. The first-order valence-electron chi connectivity index (χ1n) is 4.73. The molecule has 0 aliphatic carbocycles. The van der Waals surface area contributed by atoms with Crippen LogP contribution in [0.15, 0.2) is 12.7 Å². The van der Waals surface area contributed by atoms with Crippen molar-refractivity contribution in [2.45, 2.75) is 26.2 Å². The smallest absolute Gasteiger partial charge is 0.334 e. The molecular formula is C10H16O4. The maximum absolute atomic E-state index is 10.9. The van der Waals surface area contributed by atoms with E-state index in [9.17, 15) is 4.79 Å². The zero-order valence-electron chi connectivity index (χ0n) is 8.62. The van der Waals surface area contributed by atoms with Gasteiger partial charge in [-0.25, -0.2) is 4.79 Å². The summed E-state index contributed by atoms with van der Waals surface area (Å²) in [5.74, 6) is -1.40. The third kappa shape index (κ3) is 2.82. The molecule has 1 fully saturated rings.